The van der Waals surface area contributed by atoms with Gasteiger partial charge in [0.15, 0.2) is 5.58 Å². The summed E-state index contributed by atoms with van der Waals surface area (Å²) in [4.78, 5) is 25.7. The van der Waals surface area contributed by atoms with Gasteiger partial charge in [0, 0.05) is 44.6 Å². The molecule has 136 valence electrons. The molecule has 8 heteroatoms. The molecule has 0 unspecified atom stereocenters. The van der Waals surface area contributed by atoms with Crippen LogP contribution in [0.25, 0.3) is 11.2 Å². The number of hydrogen-bond donors (Lipinski definition) is 0. The summed E-state index contributed by atoms with van der Waals surface area (Å²) in [5.74, 6) is 0.0288. The van der Waals surface area contributed by atoms with Crippen molar-refractivity contribution >= 4 is 23.2 Å². The number of oxazole rings is 1. The van der Waals surface area contributed by atoms with Gasteiger partial charge in [-0.3, -0.25) is 9.48 Å². The highest BCUT2D eigenvalue weighted by atomic mass is 16.4. The molecule has 1 saturated heterocycles. The van der Waals surface area contributed by atoms with Crippen molar-refractivity contribution in [2.45, 2.75) is 26.8 Å². The molecule has 0 aliphatic carbocycles. The van der Waals surface area contributed by atoms with Crippen molar-refractivity contribution in [1.82, 2.24) is 24.6 Å². The summed E-state index contributed by atoms with van der Waals surface area (Å²) in [6, 6.07) is 6.17. The third kappa shape index (κ3) is 3.02. The fraction of sp³-hybridized carbons (Fsp3) is 0.444. The number of nitrogens with zero attached hydrogens (tertiary/aromatic N) is 6. The summed E-state index contributed by atoms with van der Waals surface area (Å²) >= 11 is 0. The number of carbonyl (C=O) groups is 1. The van der Waals surface area contributed by atoms with Crippen molar-refractivity contribution in [1.29, 1.82) is 0 Å². The van der Waals surface area contributed by atoms with Gasteiger partial charge in [0.2, 0.25) is 5.65 Å². The molecule has 0 radical (unpaired) electrons. The van der Waals surface area contributed by atoms with E-state index in [0.29, 0.717) is 49.1 Å². The minimum absolute atomic E-state index is 0.0288. The molecule has 0 aromatic carbocycles. The summed E-state index contributed by atoms with van der Waals surface area (Å²) in [6.45, 7) is 7.41. The van der Waals surface area contributed by atoms with Crippen LogP contribution in [0.15, 0.2) is 28.8 Å². The second-order valence-corrected chi connectivity index (χ2v) is 6.44. The van der Waals surface area contributed by atoms with Gasteiger partial charge in [0.05, 0.1) is 0 Å². The lowest BCUT2D eigenvalue weighted by Crippen LogP contribution is -2.36. The Morgan fingerprint density at radius 1 is 1.15 bits per heavy atom. The summed E-state index contributed by atoms with van der Waals surface area (Å²) < 4.78 is 7.59. The van der Waals surface area contributed by atoms with E-state index in [9.17, 15) is 4.79 Å². The Morgan fingerprint density at radius 3 is 2.88 bits per heavy atom. The van der Waals surface area contributed by atoms with Crippen LogP contribution in [0.5, 0.6) is 0 Å². The number of hydrogen-bond acceptors (Lipinski definition) is 6. The molecule has 1 amide bonds. The number of rotatable bonds is 3. The van der Waals surface area contributed by atoms with E-state index in [2.05, 4.69) is 20.0 Å². The first kappa shape index (κ1) is 16.6. The number of amides is 1. The average molecular weight is 354 g/mol. The van der Waals surface area contributed by atoms with Crippen molar-refractivity contribution in [3.05, 3.63) is 35.8 Å². The maximum Gasteiger partial charge on any atom is 0.300 e. The van der Waals surface area contributed by atoms with Gasteiger partial charge in [-0.15, -0.1) is 0 Å². The Balaban J connectivity index is 1.49. The Hall–Kier alpha value is -2.90. The van der Waals surface area contributed by atoms with E-state index in [1.54, 1.807) is 16.9 Å². The Labute approximate surface area is 151 Å². The number of anilines is 1. The normalized spacial score (nSPS) is 15.5. The summed E-state index contributed by atoms with van der Waals surface area (Å²) in [7, 11) is 0. The zero-order valence-electron chi connectivity index (χ0n) is 15.1. The molecule has 1 aliphatic heterocycles. The zero-order chi connectivity index (χ0) is 18.1. The van der Waals surface area contributed by atoms with Crippen LogP contribution in [0, 0.1) is 6.92 Å². The number of carbonyl (C=O) groups excluding carboxylic acids is 1. The molecule has 3 aromatic heterocycles. The molecular weight excluding hydrogens is 332 g/mol. The van der Waals surface area contributed by atoms with E-state index in [4.69, 9.17) is 4.42 Å². The topological polar surface area (TPSA) is 80.3 Å². The lowest BCUT2D eigenvalue weighted by atomic mass is 10.3. The third-order valence-electron chi connectivity index (χ3n) is 4.67. The quantitative estimate of drug-likeness (QED) is 0.717. The van der Waals surface area contributed by atoms with Crippen molar-refractivity contribution in [2.24, 2.45) is 0 Å². The van der Waals surface area contributed by atoms with Crippen LogP contribution in [-0.4, -0.2) is 56.7 Å². The Morgan fingerprint density at radius 2 is 2.04 bits per heavy atom. The first-order valence-electron chi connectivity index (χ1n) is 8.96. The van der Waals surface area contributed by atoms with E-state index in [1.165, 1.54) is 0 Å². The minimum Gasteiger partial charge on any atom is -0.422 e. The monoisotopic (exact) mass is 354 g/mol. The molecule has 26 heavy (non-hydrogen) atoms. The summed E-state index contributed by atoms with van der Waals surface area (Å²) in [5.41, 5.74) is 2.87. The van der Waals surface area contributed by atoms with Crippen LogP contribution in [0.1, 0.15) is 29.5 Å². The summed E-state index contributed by atoms with van der Waals surface area (Å²) in [5, 5.41) is 4.19. The second-order valence-electron chi connectivity index (χ2n) is 6.44. The predicted molar refractivity (Wildman–Crippen MR) is 97.2 cm³/mol. The number of pyridine rings is 1. The number of fused-ring (bicyclic) bond motifs is 1. The maximum atomic E-state index is 12.8. The SMILES string of the molecule is CCn1nccc1C(=O)N1CCCN(c2nc3nc(C)ccc3o2)CC1. The summed E-state index contributed by atoms with van der Waals surface area (Å²) in [6.07, 6.45) is 2.53. The van der Waals surface area contributed by atoms with Gasteiger partial charge in [-0.25, -0.2) is 4.98 Å². The molecule has 0 saturated carbocycles. The number of aromatic nitrogens is 4. The second kappa shape index (κ2) is 6.78. The van der Waals surface area contributed by atoms with Crippen LogP contribution in [0.4, 0.5) is 6.01 Å². The predicted octanol–water partition coefficient (Wildman–Crippen LogP) is 2.10. The first-order chi connectivity index (χ1) is 12.7. The van der Waals surface area contributed by atoms with E-state index in [0.717, 1.165) is 18.7 Å². The highest BCUT2D eigenvalue weighted by Gasteiger charge is 2.24. The van der Waals surface area contributed by atoms with Crippen molar-refractivity contribution in [3.8, 4) is 0 Å². The first-order valence-corrected chi connectivity index (χ1v) is 8.96. The molecule has 8 nitrogen and oxygen atoms in total. The van der Waals surface area contributed by atoms with E-state index in [-0.39, 0.29) is 5.91 Å². The molecule has 1 fully saturated rings. The molecule has 0 atom stereocenters. The largest absolute Gasteiger partial charge is 0.422 e. The molecule has 0 spiro atoms. The van der Waals surface area contributed by atoms with E-state index >= 15 is 0 Å². The molecule has 0 bridgehead atoms. The Kier molecular flexibility index (Phi) is 4.32. The molecule has 1 aliphatic rings. The van der Waals surface area contributed by atoms with Gasteiger partial charge in [-0.1, -0.05) is 0 Å². The van der Waals surface area contributed by atoms with Gasteiger partial charge in [-0.2, -0.15) is 10.1 Å². The van der Waals surface area contributed by atoms with Crippen LogP contribution >= 0.6 is 0 Å². The smallest absolute Gasteiger partial charge is 0.300 e. The lowest BCUT2D eigenvalue weighted by Gasteiger charge is -2.21. The average Bonchev–Trinajstić information content (AvgIpc) is 3.21. The van der Waals surface area contributed by atoms with Crippen molar-refractivity contribution < 1.29 is 9.21 Å². The molecule has 4 heterocycles. The molecule has 4 rings (SSSR count). The fourth-order valence-corrected chi connectivity index (χ4v) is 3.28. The highest BCUT2D eigenvalue weighted by Crippen LogP contribution is 2.22. The zero-order valence-corrected chi connectivity index (χ0v) is 15.1. The van der Waals surface area contributed by atoms with Gasteiger partial charge < -0.3 is 14.2 Å². The minimum atomic E-state index is 0.0288. The van der Waals surface area contributed by atoms with Crippen LogP contribution in [0.2, 0.25) is 0 Å². The number of aryl methyl sites for hydroxylation is 2. The third-order valence-corrected chi connectivity index (χ3v) is 4.67. The lowest BCUT2D eigenvalue weighted by molar-refractivity contribution is 0.0754. The molecular formula is C18H22N6O2. The van der Waals surface area contributed by atoms with Crippen LogP contribution in [-0.2, 0) is 6.54 Å². The standard InChI is InChI=1S/C18H22N6O2/c1-3-24-14(7-8-19-24)17(25)22-9-4-10-23(12-11-22)18-21-16-15(26-18)6-5-13(2)20-16/h5-8H,3-4,9-12H2,1-2H3. The van der Waals surface area contributed by atoms with E-state index in [1.807, 2.05) is 30.9 Å². The highest BCUT2D eigenvalue weighted by molar-refractivity contribution is 5.92. The van der Waals surface area contributed by atoms with Gasteiger partial charge in [0.25, 0.3) is 11.9 Å². The Bertz CT molecular complexity index is 931. The van der Waals surface area contributed by atoms with Crippen molar-refractivity contribution in [3.63, 3.8) is 0 Å². The van der Waals surface area contributed by atoms with Crippen LogP contribution < -0.4 is 4.90 Å². The van der Waals surface area contributed by atoms with Gasteiger partial charge in [-0.05, 0) is 38.5 Å². The fourth-order valence-electron chi connectivity index (χ4n) is 3.28. The van der Waals surface area contributed by atoms with Crippen molar-refractivity contribution in [2.75, 3.05) is 31.1 Å². The maximum absolute atomic E-state index is 12.8. The molecule has 3 aromatic rings. The van der Waals surface area contributed by atoms with Gasteiger partial charge in [0.1, 0.15) is 5.69 Å². The molecule has 0 N–H and O–H groups in total. The van der Waals surface area contributed by atoms with E-state index < -0.39 is 0 Å². The van der Waals surface area contributed by atoms with Crippen LogP contribution in [0.3, 0.4) is 0 Å². The van der Waals surface area contributed by atoms with Gasteiger partial charge >= 0.3 is 0 Å².